The summed E-state index contributed by atoms with van der Waals surface area (Å²) >= 11 is 0. The maximum absolute atomic E-state index is 13.2. The zero-order valence-corrected chi connectivity index (χ0v) is 12.1. The molecule has 1 amide bonds. The summed E-state index contributed by atoms with van der Waals surface area (Å²) in [6, 6.07) is 11.1. The minimum atomic E-state index is -0.532. The number of carbonyl (C=O) groups excluding carboxylic acids is 1. The van der Waals surface area contributed by atoms with Gasteiger partial charge in [0.05, 0.1) is 11.8 Å². The molecule has 1 aromatic heterocycles. The summed E-state index contributed by atoms with van der Waals surface area (Å²) in [6.07, 6.45) is 1.08. The summed E-state index contributed by atoms with van der Waals surface area (Å²) in [5.41, 5.74) is 1.35. The number of nitrogens with one attached hydrogen (secondary N) is 2. The van der Waals surface area contributed by atoms with E-state index in [2.05, 4.69) is 15.6 Å². The Morgan fingerprint density at radius 1 is 1.33 bits per heavy atom. The molecule has 110 valence electrons. The molecule has 0 radical (unpaired) electrons. The molecule has 1 aromatic carbocycles. The molecule has 2 rings (SSSR count). The van der Waals surface area contributed by atoms with Crippen LogP contribution >= 0.6 is 0 Å². The van der Waals surface area contributed by atoms with E-state index in [-0.39, 0.29) is 17.4 Å². The summed E-state index contributed by atoms with van der Waals surface area (Å²) in [7, 11) is 1.64. The summed E-state index contributed by atoms with van der Waals surface area (Å²) in [5, 5.41) is 5.60. The van der Waals surface area contributed by atoms with Crippen LogP contribution in [0.4, 0.5) is 10.2 Å². The van der Waals surface area contributed by atoms with E-state index >= 15 is 0 Å². The van der Waals surface area contributed by atoms with Crippen molar-refractivity contribution in [3.63, 3.8) is 0 Å². The molecule has 2 aromatic rings. The van der Waals surface area contributed by atoms with E-state index in [1.807, 2.05) is 37.3 Å². The number of amides is 1. The van der Waals surface area contributed by atoms with Crippen LogP contribution < -0.4 is 10.6 Å². The normalized spacial score (nSPS) is 11.8. The van der Waals surface area contributed by atoms with Gasteiger partial charge in [0.2, 0.25) is 0 Å². The second-order valence-electron chi connectivity index (χ2n) is 4.82. The number of hydrogen-bond donors (Lipinski definition) is 2. The van der Waals surface area contributed by atoms with Crippen molar-refractivity contribution < 1.29 is 9.18 Å². The van der Waals surface area contributed by atoms with Crippen LogP contribution in [0, 0.1) is 5.82 Å². The number of hydrogen-bond acceptors (Lipinski definition) is 3. The fourth-order valence-electron chi connectivity index (χ4n) is 2.05. The van der Waals surface area contributed by atoms with Crippen molar-refractivity contribution in [1.82, 2.24) is 10.3 Å². The number of halogens is 1. The van der Waals surface area contributed by atoms with E-state index in [9.17, 15) is 9.18 Å². The average Bonchev–Trinajstić information content (AvgIpc) is 2.53. The molecule has 5 heteroatoms. The van der Waals surface area contributed by atoms with Gasteiger partial charge in [0, 0.05) is 13.6 Å². The van der Waals surface area contributed by atoms with E-state index < -0.39 is 5.82 Å². The number of rotatable bonds is 5. The lowest BCUT2D eigenvalue weighted by Crippen LogP contribution is -2.28. The Labute approximate surface area is 123 Å². The molecule has 0 aliphatic heterocycles. The zero-order chi connectivity index (χ0) is 15.2. The fraction of sp³-hybridized carbons (Fsp3) is 0.250. The lowest BCUT2D eigenvalue weighted by molar-refractivity contribution is 0.0951. The second-order valence-corrected chi connectivity index (χ2v) is 4.82. The first kappa shape index (κ1) is 15.0. The van der Waals surface area contributed by atoms with Gasteiger partial charge in [-0.15, -0.1) is 0 Å². The quantitative estimate of drug-likeness (QED) is 0.889. The van der Waals surface area contributed by atoms with Crippen molar-refractivity contribution in [2.24, 2.45) is 0 Å². The highest BCUT2D eigenvalue weighted by molar-refractivity contribution is 5.98. The fourth-order valence-corrected chi connectivity index (χ4v) is 2.05. The number of pyridine rings is 1. The largest absolute Gasteiger partial charge is 0.372 e. The average molecular weight is 287 g/mol. The summed E-state index contributed by atoms with van der Waals surface area (Å²) in [5.74, 6) is -0.333. The van der Waals surface area contributed by atoms with Gasteiger partial charge in [-0.3, -0.25) is 4.79 Å². The number of aromatic nitrogens is 1. The molecule has 1 unspecified atom stereocenters. The maximum Gasteiger partial charge on any atom is 0.255 e. The third kappa shape index (κ3) is 3.78. The molecule has 1 atom stereocenters. The first-order chi connectivity index (χ1) is 10.1. The van der Waals surface area contributed by atoms with Crippen molar-refractivity contribution in [2.75, 3.05) is 18.9 Å². The van der Waals surface area contributed by atoms with Crippen LogP contribution in [0.1, 0.15) is 28.8 Å². The van der Waals surface area contributed by atoms with Crippen molar-refractivity contribution in [1.29, 1.82) is 0 Å². The highest BCUT2D eigenvalue weighted by Gasteiger charge is 2.14. The number of carbonyl (C=O) groups is 1. The highest BCUT2D eigenvalue weighted by atomic mass is 19.1. The van der Waals surface area contributed by atoms with Crippen molar-refractivity contribution in [2.45, 2.75) is 12.8 Å². The monoisotopic (exact) mass is 287 g/mol. The van der Waals surface area contributed by atoms with Crippen molar-refractivity contribution in [3.05, 3.63) is 59.5 Å². The lowest BCUT2D eigenvalue weighted by atomic mass is 10.0. The molecule has 0 spiro atoms. The first-order valence-electron chi connectivity index (χ1n) is 6.78. The molecular weight excluding hydrogens is 269 g/mol. The topological polar surface area (TPSA) is 54.0 Å². The van der Waals surface area contributed by atoms with Crippen LogP contribution in [-0.2, 0) is 0 Å². The Morgan fingerprint density at radius 2 is 2.05 bits per heavy atom. The molecule has 0 fully saturated rings. The lowest BCUT2D eigenvalue weighted by Gasteiger charge is -2.14. The van der Waals surface area contributed by atoms with E-state index in [0.717, 1.165) is 11.8 Å². The Kier molecular flexibility index (Phi) is 4.87. The van der Waals surface area contributed by atoms with Crippen molar-refractivity contribution >= 4 is 11.7 Å². The molecule has 21 heavy (non-hydrogen) atoms. The Hall–Kier alpha value is -2.43. The van der Waals surface area contributed by atoms with Crippen LogP contribution in [-0.4, -0.2) is 24.5 Å². The standard InChI is InChI=1S/C16H18FN3O/c1-11(12-6-4-3-5-7-12)9-20-16(21)14-8-13(17)10-19-15(14)18-2/h3-8,10-11H,9H2,1-2H3,(H,18,19)(H,20,21). The molecule has 0 bridgehead atoms. The zero-order valence-electron chi connectivity index (χ0n) is 12.1. The van der Waals surface area contributed by atoms with Crippen LogP contribution in [0.2, 0.25) is 0 Å². The molecular formula is C16H18FN3O. The number of benzene rings is 1. The van der Waals surface area contributed by atoms with Gasteiger partial charge >= 0.3 is 0 Å². The van der Waals surface area contributed by atoms with Crippen LogP contribution in [0.25, 0.3) is 0 Å². The summed E-state index contributed by atoms with van der Waals surface area (Å²) in [4.78, 5) is 16.0. The van der Waals surface area contributed by atoms with Gasteiger partial charge in [0.15, 0.2) is 0 Å². The van der Waals surface area contributed by atoms with Gasteiger partial charge < -0.3 is 10.6 Å². The van der Waals surface area contributed by atoms with Gasteiger partial charge in [0.25, 0.3) is 5.91 Å². The predicted octanol–water partition coefficient (Wildman–Crippen LogP) is 2.80. The number of anilines is 1. The highest BCUT2D eigenvalue weighted by Crippen LogP contribution is 2.15. The Bertz CT molecular complexity index is 616. The van der Waals surface area contributed by atoms with Gasteiger partial charge in [-0.25, -0.2) is 9.37 Å². The van der Waals surface area contributed by atoms with Gasteiger partial charge in [0.1, 0.15) is 11.6 Å². The van der Waals surface area contributed by atoms with Gasteiger partial charge in [-0.1, -0.05) is 37.3 Å². The molecule has 2 N–H and O–H groups in total. The van der Waals surface area contributed by atoms with Gasteiger partial charge in [-0.05, 0) is 17.5 Å². The molecule has 0 saturated carbocycles. The first-order valence-corrected chi connectivity index (χ1v) is 6.78. The number of nitrogens with zero attached hydrogens (tertiary/aromatic N) is 1. The minimum absolute atomic E-state index is 0.176. The summed E-state index contributed by atoms with van der Waals surface area (Å²) < 4.78 is 13.2. The van der Waals surface area contributed by atoms with Gasteiger partial charge in [-0.2, -0.15) is 0 Å². The van der Waals surface area contributed by atoms with E-state index in [0.29, 0.717) is 12.4 Å². The molecule has 4 nitrogen and oxygen atoms in total. The van der Waals surface area contributed by atoms with E-state index in [1.54, 1.807) is 7.05 Å². The van der Waals surface area contributed by atoms with E-state index in [4.69, 9.17) is 0 Å². The summed E-state index contributed by atoms with van der Waals surface area (Å²) in [6.45, 7) is 2.50. The molecule has 0 aliphatic carbocycles. The van der Waals surface area contributed by atoms with Crippen molar-refractivity contribution in [3.8, 4) is 0 Å². The Morgan fingerprint density at radius 3 is 2.71 bits per heavy atom. The maximum atomic E-state index is 13.2. The smallest absolute Gasteiger partial charge is 0.255 e. The predicted molar refractivity (Wildman–Crippen MR) is 80.9 cm³/mol. The van der Waals surface area contributed by atoms with Crippen LogP contribution in [0.3, 0.4) is 0 Å². The third-order valence-corrected chi connectivity index (χ3v) is 3.27. The van der Waals surface area contributed by atoms with Crippen LogP contribution in [0.5, 0.6) is 0 Å². The van der Waals surface area contributed by atoms with E-state index in [1.165, 1.54) is 6.07 Å². The molecule has 0 saturated heterocycles. The second kappa shape index (κ2) is 6.83. The third-order valence-electron chi connectivity index (χ3n) is 3.27. The minimum Gasteiger partial charge on any atom is -0.372 e. The molecule has 1 heterocycles. The molecule has 0 aliphatic rings. The SMILES string of the molecule is CNc1ncc(F)cc1C(=O)NCC(C)c1ccccc1. The van der Waals surface area contributed by atoms with Crippen LogP contribution in [0.15, 0.2) is 42.6 Å². The Balaban J connectivity index is 2.04.